The normalized spacial score (nSPS) is 10.3. The standard InChI is InChI=1S/C19H23NO3S/c1-5-14-9-10-16(13(2)11-14)22-12-15-17(23-19(21)20-3)7-6-8-18(15)24-4/h6-11H,5,12H2,1-4H3,(H,20,21). The van der Waals surface area contributed by atoms with Gasteiger partial charge in [-0.05, 0) is 48.9 Å². The fourth-order valence-corrected chi connectivity index (χ4v) is 2.99. The molecular formula is C19H23NO3S. The second-order valence-corrected chi connectivity index (χ2v) is 6.17. The third kappa shape index (κ3) is 4.45. The van der Waals surface area contributed by atoms with E-state index in [0.29, 0.717) is 12.4 Å². The van der Waals surface area contributed by atoms with E-state index in [1.54, 1.807) is 17.8 Å². The van der Waals surface area contributed by atoms with Crippen molar-refractivity contribution in [1.82, 2.24) is 5.32 Å². The van der Waals surface area contributed by atoms with Gasteiger partial charge in [0.1, 0.15) is 18.1 Å². The number of carbonyl (C=O) groups is 1. The number of nitrogens with one attached hydrogen (secondary N) is 1. The molecule has 0 saturated heterocycles. The summed E-state index contributed by atoms with van der Waals surface area (Å²) in [6.45, 7) is 4.51. The smallest absolute Gasteiger partial charge is 0.412 e. The van der Waals surface area contributed by atoms with Crippen LogP contribution < -0.4 is 14.8 Å². The molecule has 1 N–H and O–H groups in total. The van der Waals surface area contributed by atoms with Gasteiger partial charge in [0.25, 0.3) is 0 Å². The van der Waals surface area contributed by atoms with Gasteiger partial charge in [-0.1, -0.05) is 25.1 Å². The Labute approximate surface area is 147 Å². The van der Waals surface area contributed by atoms with Crippen molar-refractivity contribution in [2.75, 3.05) is 13.3 Å². The molecule has 5 heteroatoms. The van der Waals surface area contributed by atoms with Gasteiger partial charge in [0.15, 0.2) is 0 Å². The van der Waals surface area contributed by atoms with Crippen LogP contribution in [0, 0.1) is 6.92 Å². The zero-order valence-electron chi connectivity index (χ0n) is 14.5. The highest BCUT2D eigenvalue weighted by atomic mass is 32.2. The number of thioether (sulfide) groups is 1. The Balaban J connectivity index is 2.23. The second kappa shape index (κ2) is 8.64. The van der Waals surface area contributed by atoms with Crippen LogP contribution in [0.5, 0.6) is 11.5 Å². The summed E-state index contributed by atoms with van der Waals surface area (Å²) in [7, 11) is 1.54. The summed E-state index contributed by atoms with van der Waals surface area (Å²) in [6.07, 6.45) is 2.50. The summed E-state index contributed by atoms with van der Waals surface area (Å²) in [5, 5.41) is 2.46. The van der Waals surface area contributed by atoms with Crippen LogP contribution in [0.3, 0.4) is 0 Å². The Morgan fingerprint density at radius 2 is 2.00 bits per heavy atom. The minimum absolute atomic E-state index is 0.343. The fraction of sp³-hybridized carbons (Fsp3) is 0.316. The van der Waals surface area contributed by atoms with E-state index in [2.05, 4.69) is 24.4 Å². The third-order valence-corrected chi connectivity index (χ3v) is 4.56. The topological polar surface area (TPSA) is 47.6 Å². The van der Waals surface area contributed by atoms with Crippen LogP contribution in [0.4, 0.5) is 4.79 Å². The minimum Gasteiger partial charge on any atom is -0.488 e. The maximum Gasteiger partial charge on any atom is 0.412 e. The minimum atomic E-state index is -0.488. The molecule has 2 aromatic carbocycles. The number of carbonyl (C=O) groups excluding carboxylic acids is 1. The number of ether oxygens (including phenoxy) is 2. The van der Waals surface area contributed by atoms with Gasteiger partial charge >= 0.3 is 6.09 Å². The van der Waals surface area contributed by atoms with Gasteiger partial charge in [-0.25, -0.2) is 4.79 Å². The van der Waals surface area contributed by atoms with Crippen molar-refractivity contribution in [3.05, 3.63) is 53.1 Å². The molecule has 0 aliphatic rings. The van der Waals surface area contributed by atoms with E-state index in [-0.39, 0.29) is 0 Å². The Morgan fingerprint density at radius 3 is 2.62 bits per heavy atom. The highest BCUT2D eigenvalue weighted by Gasteiger charge is 2.13. The van der Waals surface area contributed by atoms with Crippen LogP contribution in [0.15, 0.2) is 41.3 Å². The molecular weight excluding hydrogens is 322 g/mol. The van der Waals surface area contributed by atoms with E-state index < -0.39 is 6.09 Å². The summed E-state index contributed by atoms with van der Waals surface area (Å²) in [5.74, 6) is 1.36. The van der Waals surface area contributed by atoms with Gasteiger partial charge < -0.3 is 14.8 Å². The Hall–Kier alpha value is -2.14. The van der Waals surface area contributed by atoms with Gasteiger partial charge in [-0.3, -0.25) is 0 Å². The molecule has 0 bridgehead atoms. The third-order valence-electron chi connectivity index (χ3n) is 3.74. The van der Waals surface area contributed by atoms with Gasteiger partial charge in [0.05, 0.1) is 0 Å². The highest BCUT2D eigenvalue weighted by molar-refractivity contribution is 7.98. The molecule has 128 valence electrons. The molecule has 24 heavy (non-hydrogen) atoms. The molecule has 1 amide bonds. The molecule has 0 atom stereocenters. The van der Waals surface area contributed by atoms with Crippen molar-refractivity contribution in [3.8, 4) is 11.5 Å². The lowest BCUT2D eigenvalue weighted by molar-refractivity contribution is 0.201. The lowest BCUT2D eigenvalue weighted by Gasteiger charge is -2.15. The number of hydrogen-bond donors (Lipinski definition) is 1. The summed E-state index contributed by atoms with van der Waals surface area (Å²) in [4.78, 5) is 12.6. The number of hydrogen-bond acceptors (Lipinski definition) is 4. The molecule has 2 aromatic rings. The van der Waals surface area contributed by atoms with Crippen molar-refractivity contribution >= 4 is 17.9 Å². The molecule has 0 radical (unpaired) electrons. The van der Waals surface area contributed by atoms with Crippen molar-refractivity contribution < 1.29 is 14.3 Å². The average Bonchev–Trinajstić information content (AvgIpc) is 2.60. The molecule has 2 rings (SSSR count). The monoisotopic (exact) mass is 345 g/mol. The maximum absolute atomic E-state index is 11.6. The van der Waals surface area contributed by atoms with Crippen molar-refractivity contribution in [1.29, 1.82) is 0 Å². The van der Waals surface area contributed by atoms with Crippen LogP contribution in [0.2, 0.25) is 0 Å². The first-order valence-corrected chi connectivity index (χ1v) is 9.09. The van der Waals surface area contributed by atoms with Gasteiger partial charge in [0.2, 0.25) is 0 Å². The molecule has 0 heterocycles. The summed E-state index contributed by atoms with van der Waals surface area (Å²) >= 11 is 1.60. The number of amides is 1. The predicted octanol–water partition coefficient (Wildman–Crippen LogP) is 4.58. The van der Waals surface area contributed by atoms with Crippen LogP contribution in [-0.2, 0) is 13.0 Å². The molecule has 0 unspecified atom stereocenters. The first-order chi connectivity index (χ1) is 11.6. The second-order valence-electron chi connectivity index (χ2n) is 5.32. The summed E-state index contributed by atoms with van der Waals surface area (Å²) in [6, 6.07) is 11.8. The van der Waals surface area contributed by atoms with Gasteiger partial charge in [0, 0.05) is 17.5 Å². The average molecular weight is 345 g/mol. The lowest BCUT2D eigenvalue weighted by atomic mass is 10.1. The molecule has 0 fully saturated rings. The largest absolute Gasteiger partial charge is 0.488 e. The zero-order valence-corrected chi connectivity index (χ0v) is 15.3. The van der Waals surface area contributed by atoms with Crippen molar-refractivity contribution in [3.63, 3.8) is 0 Å². The fourth-order valence-electron chi connectivity index (χ4n) is 2.37. The first-order valence-electron chi connectivity index (χ1n) is 7.86. The van der Waals surface area contributed by atoms with E-state index in [0.717, 1.165) is 28.2 Å². The molecule has 0 aliphatic carbocycles. The lowest BCUT2D eigenvalue weighted by Crippen LogP contribution is -2.22. The Bertz CT molecular complexity index is 716. The quantitative estimate of drug-likeness (QED) is 0.779. The molecule has 4 nitrogen and oxygen atoms in total. The van der Waals surface area contributed by atoms with E-state index in [1.807, 2.05) is 31.4 Å². The molecule has 0 saturated carbocycles. The highest BCUT2D eigenvalue weighted by Crippen LogP contribution is 2.31. The van der Waals surface area contributed by atoms with Crippen molar-refractivity contribution in [2.45, 2.75) is 31.8 Å². The summed E-state index contributed by atoms with van der Waals surface area (Å²) in [5.41, 5.74) is 3.25. The van der Waals surface area contributed by atoms with Gasteiger partial charge in [-0.2, -0.15) is 0 Å². The molecule has 0 aliphatic heterocycles. The van der Waals surface area contributed by atoms with E-state index in [1.165, 1.54) is 12.6 Å². The van der Waals surface area contributed by atoms with Crippen LogP contribution in [0.25, 0.3) is 0 Å². The molecule has 0 aromatic heterocycles. The Kier molecular flexibility index (Phi) is 6.55. The SMILES string of the molecule is CCc1ccc(OCc2c(OC(=O)NC)cccc2SC)c(C)c1. The number of aryl methyl sites for hydroxylation is 2. The predicted molar refractivity (Wildman–Crippen MR) is 98.2 cm³/mol. The Morgan fingerprint density at radius 1 is 1.21 bits per heavy atom. The number of benzene rings is 2. The van der Waals surface area contributed by atoms with E-state index in [4.69, 9.17) is 9.47 Å². The van der Waals surface area contributed by atoms with Crippen LogP contribution in [-0.4, -0.2) is 19.4 Å². The van der Waals surface area contributed by atoms with Gasteiger partial charge in [-0.15, -0.1) is 11.8 Å². The van der Waals surface area contributed by atoms with Crippen molar-refractivity contribution in [2.24, 2.45) is 0 Å². The number of rotatable bonds is 6. The van der Waals surface area contributed by atoms with E-state index in [9.17, 15) is 4.79 Å². The zero-order chi connectivity index (χ0) is 17.5. The first kappa shape index (κ1) is 18.2. The summed E-state index contributed by atoms with van der Waals surface area (Å²) < 4.78 is 11.3. The maximum atomic E-state index is 11.6. The van der Waals surface area contributed by atoms with Crippen LogP contribution in [0.1, 0.15) is 23.6 Å². The van der Waals surface area contributed by atoms with E-state index >= 15 is 0 Å². The van der Waals surface area contributed by atoms with Crippen LogP contribution >= 0.6 is 11.8 Å². The molecule has 0 spiro atoms.